The van der Waals surface area contributed by atoms with Gasteiger partial charge in [-0.15, -0.1) is 0 Å². The maximum Gasteiger partial charge on any atom is 0.315 e. The lowest BCUT2D eigenvalue weighted by Crippen LogP contribution is -2.36. The standard InChI is InChI=1S/C11H17N3O3S/c1-3-13-11(15)14-8(2)9-4-6-10(7-5-9)18(12,16)17/h4-8H,3H2,1-2H3,(H2,12,16,17)(H2,13,14,15). The molecule has 0 saturated carbocycles. The van der Waals surface area contributed by atoms with Gasteiger partial charge < -0.3 is 10.6 Å². The van der Waals surface area contributed by atoms with Crippen LogP contribution in [0, 0.1) is 0 Å². The van der Waals surface area contributed by atoms with Crippen molar-refractivity contribution in [2.24, 2.45) is 5.14 Å². The number of hydrogen-bond donors (Lipinski definition) is 3. The summed E-state index contributed by atoms with van der Waals surface area (Å²) >= 11 is 0. The number of carbonyl (C=O) groups is 1. The third-order valence-corrected chi connectivity index (χ3v) is 3.32. The van der Waals surface area contributed by atoms with Crippen molar-refractivity contribution >= 4 is 16.1 Å². The summed E-state index contributed by atoms with van der Waals surface area (Å²) in [5.74, 6) is 0. The highest BCUT2D eigenvalue weighted by molar-refractivity contribution is 7.89. The minimum absolute atomic E-state index is 0.0523. The Balaban J connectivity index is 2.76. The number of benzene rings is 1. The van der Waals surface area contributed by atoms with Crippen LogP contribution in [0.4, 0.5) is 4.79 Å². The molecule has 0 aromatic heterocycles. The second kappa shape index (κ2) is 5.83. The summed E-state index contributed by atoms with van der Waals surface area (Å²) in [6.07, 6.45) is 0. The van der Waals surface area contributed by atoms with E-state index in [0.717, 1.165) is 5.56 Å². The number of sulfonamides is 1. The third kappa shape index (κ3) is 4.01. The summed E-state index contributed by atoms with van der Waals surface area (Å²) < 4.78 is 22.2. The van der Waals surface area contributed by atoms with Crippen LogP contribution < -0.4 is 15.8 Å². The quantitative estimate of drug-likeness (QED) is 0.751. The number of nitrogens with one attached hydrogen (secondary N) is 2. The van der Waals surface area contributed by atoms with Crippen LogP contribution in [-0.2, 0) is 10.0 Å². The topological polar surface area (TPSA) is 101 Å². The smallest absolute Gasteiger partial charge is 0.315 e. The minimum atomic E-state index is -3.68. The number of carbonyl (C=O) groups excluding carboxylic acids is 1. The summed E-state index contributed by atoms with van der Waals surface area (Å²) in [5.41, 5.74) is 0.800. The van der Waals surface area contributed by atoms with Crippen molar-refractivity contribution in [1.29, 1.82) is 0 Å². The Hall–Kier alpha value is -1.60. The summed E-state index contributed by atoms with van der Waals surface area (Å²) in [7, 11) is -3.68. The molecule has 2 amide bonds. The Labute approximate surface area is 107 Å². The Morgan fingerprint density at radius 3 is 2.33 bits per heavy atom. The van der Waals surface area contributed by atoms with E-state index in [4.69, 9.17) is 5.14 Å². The van der Waals surface area contributed by atoms with Gasteiger partial charge in [0.2, 0.25) is 10.0 Å². The van der Waals surface area contributed by atoms with Crippen molar-refractivity contribution in [3.63, 3.8) is 0 Å². The first-order valence-corrected chi connectivity index (χ1v) is 7.06. The van der Waals surface area contributed by atoms with Crippen molar-refractivity contribution in [1.82, 2.24) is 10.6 Å². The van der Waals surface area contributed by atoms with Crippen molar-refractivity contribution < 1.29 is 13.2 Å². The fourth-order valence-corrected chi connectivity index (χ4v) is 1.95. The first-order chi connectivity index (χ1) is 8.34. The van der Waals surface area contributed by atoms with Crippen LogP contribution in [-0.4, -0.2) is 21.0 Å². The monoisotopic (exact) mass is 271 g/mol. The van der Waals surface area contributed by atoms with Crippen molar-refractivity contribution in [3.8, 4) is 0 Å². The molecule has 1 aromatic rings. The van der Waals surface area contributed by atoms with Crippen LogP contribution in [0.25, 0.3) is 0 Å². The van der Waals surface area contributed by atoms with Gasteiger partial charge in [-0.2, -0.15) is 0 Å². The molecule has 0 aliphatic carbocycles. The van der Waals surface area contributed by atoms with Crippen LogP contribution >= 0.6 is 0 Å². The van der Waals surface area contributed by atoms with E-state index in [1.54, 1.807) is 19.1 Å². The predicted molar refractivity (Wildman–Crippen MR) is 68.4 cm³/mol. The van der Waals surface area contributed by atoms with Gasteiger partial charge in [-0.05, 0) is 31.5 Å². The highest BCUT2D eigenvalue weighted by Crippen LogP contribution is 2.15. The van der Waals surface area contributed by atoms with Crippen molar-refractivity contribution in [2.45, 2.75) is 24.8 Å². The molecule has 1 rings (SSSR count). The first-order valence-electron chi connectivity index (χ1n) is 5.51. The van der Waals surface area contributed by atoms with Gasteiger partial charge in [-0.1, -0.05) is 12.1 Å². The maximum atomic E-state index is 11.3. The molecular weight excluding hydrogens is 254 g/mol. The zero-order valence-corrected chi connectivity index (χ0v) is 11.1. The Morgan fingerprint density at radius 1 is 1.33 bits per heavy atom. The van der Waals surface area contributed by atoms with Crippen LogP contribution in [0.3, 0.4) is 0 Å². The van der Waals surface area contributed by atoms with Gasteiger partial charge in [0.05, 0.1) is 10.9 Å². The van der Waals surface area contributed by atoms with Gasteiger partial charge in [0.15, 0.2) is 0 Å². The maximum absolute atomic E-state index is 11.3. The third-order valence-electron chi connectivity index (χ3n) is 2.39. The largest absolute Gasteiger partial charge is 0.338 e. The fraction of sp³-hybridized carbons (Fsp3) is 0.364. The average Bonchev–Trinajstić information content (AvgIpc) is 2.28. The Kier molecular flexibility index (Phi) is 4.69. The number of urea groups is 1. The molecule has 7 heteroatoms. The van der Waals surface area contributed by atoms with E-state index in [-0.39, 0.29) is 17.0 Å². The lowest BCUT2D eigenvalue weighted by Gasteiger charge is -2.14. The first kappa shape index (κ1) is 14.5. The summed E-state index contributed by atoms with van der Waals surface area (Å²) in [5, 5.41) is 10.3. The molecule has 0 saturated heterocycles. The van der Waals surface area contributed by atoms with E-state index in [0.29, 0.717) is 6.54 Å². The molecule has 0 heterocycles. The second-order valence-corrected chi connectivity index (χ2v) is 5.40. The zero-order chi connectivity index (χ0) is 13.8. The summed E-state index contributed by atoms with van der Waals surface area (Å²) in [4.78, 5) is 11.4. The normalized spacial score (nSPS) is 12.8. The molecule has 6 nitrogen and oxygen atoms in total. The Morgan fingerprint density at radius 2 is 1.89 bits per heavy atom. The summed E-state index contributed by atoms with van der Waals surface area (Å²) in [6.45, 7) is 4.18. The van der Waals surface area contributed by atoms with Crippen LogP contribution in [0.2, 0.25) is 0 Å². The van der Waals surface area contributed by atoms with E-state index in [2.05, 4.69) is 10.6 Å². The van der Waals surface area contributed by atoms with Crippen molar-refractivity contribution in [3.05, 3.63) is 29.8 Å². The number of rotatable bonds is 4. The lowest BCUT2D eigenvalue weighted by atomic mass is 10.1. The number of amides is 2. The van der Waals surface area contributed by atoms with Gasteiger partial charge in [0, 0.05) is 6.54 Å². The van der Waals surface area contributed by atoms with Crippen LogP contribution in [0.5, 0.6) is 0 Å². The number of hydrogen-bond acceptors (Lipinski definition) is 3. The molecule has 0 aliphatic rings. The van der Waals surface area contributed by atoms with E-state index in [1.165, 1.54) is 12.1 Å². The van der Waals surface area contributed by atoms with E-state index >= 15 is 0 Å². The molecule has 0 fully saturated rings. The predicted octanol–water partition coefficient (Wildman–Crippen LogP) is 0.714. The molecule has 1 unspecified atom stereocenters. The van der Waals surface area contributed by atoms with E-state index in [1.807, 2.05) is 6.92 Å². The van der Waals surface area contributed by atoms with Gasteiger partial charge in [0.25, 0.3) is 0 Å². The van der Waals surface area contributed by atoms with Crippen LogP contribution in [0.15, 0.2) is 29.2 Å². The highest BCUT2D eigenvalue weighted by Gasteiger charge is 2.11. The molecule has 0 radical (unpaired) electrons. The molecule has 0 bridgehead atoms. The Bertz CT molecular complexity index is 511. The average molecular weight is 271 g/mol. The molecule has 1 aromatic carbocycles. The van der Waals surface area contributed by atoms with Gasteiger partial charge in [-0.3, -0.25) is 0 Å². The molecule has 100 valence electrons. The molecule has 18 heavy (non-hydrogen) atoms. The van der Waals surface area contributed by atoms with Gasteiger partial charge in [-0.25, -0.2) is 18.4 Å². The molecule has 0 spiro atoms. The fourth-order valence-electron chi connectivity index (χ4n) is 1.44. The van der Waals surface area contributed by atoms with E-state index < -0.39 is 10.0 Å². The minimum Gasteiger partial charge on any atom is -0.338 e. The molecule has 4 N–H and O–H groups in total. The zero-order valence-electron chi connectivity index (χ0n) is 10.3. The van der Waals surface area contributed by atoms with E-state index in [9.17, 15) is 13.2 Å². The van der Waals surface area contributed by atoms with Crippen molar-refractivity contribution in [2.75, 3.05) is 6.54 Å². The molecular formula is C11H17N3O3S. The van der Waals surface area contributed by atoms with Gasteiger partial charge in [0.1, 0.15) is 0 Å². The summed E-state index contributed by atoms with van der Waals surface area (Å²) in [6, 6.07) is 5.60. The molecule has 0 aliphatic heterocycles. The SMILES string of the molecule is CCNC(=O)NC(C)c1ccc(S(N)(=O)=O)cc1. The highest BCUT2D eigenvalue weighted by atomic mass is 32.2. The second-order valence-electron chi connectivity index (χ2n) is 3.84. The number of nitrogens with two attached hydrogens (primary N) is 1. The molecule has 1 atom stereocenters. The van der Waals surface area contributed by atoms with Crippen LogP contribution in [0.1, 0.15) is 25.5 Å². The lowest BCUT2D eigenvalue weighted by molar-refractivity contribution is 0.238. The van der Waals surface area contributed by atoms with Gasteiger partial charge >= 0.3 is 6.03 Å². The number of primary sulfonamides is 1.